The van der Waals surface area contributed by atoms with Crippen molar-refractivity contribution in [1.29, 1.82) is 0 Å². The molecule has 1 unspecified atom stereocenters. The number of alkyl halides is 3. The van der Waals surface area contributed by atoms with Crippen LogP contribution in [-0.2, 0) is 4.79 Å². The van der Waals surface area contributed by atoms with E-state index < -0.39 is 12.1 Å². The number of aromatic nitrogens is 2. The Kier molecular flexibility index (Phi) is 8.67. The Labute approximate surface area is 193 Å². The van der Waals surface area contributed by atoms with E-state index in [9.17, 15) is 18.0 Å². The fraction of sp³-hybridized carbons (Fsp3) is 0.500. The average molecular weight is 485 g/mol. The smallest absolute Gasteiger partial charge is 0.475 e. The SMILES string of the molecule is O=C(Nc1ccnn1C1CCN(CC2CC=CCC2)CC1)c1cccs1.O=C(O)C(F)(F)F. The first-order chi connectivity index (χ1) is 15.7. The van der Waals surface area contributed by atoms with Crippen LogP contribution in [0.4, 0.5) is 19.0 Å². The molecule has 1 atom stereocenters. The lowest BCUT2D eigenvalue weighted by atomic mass is 9.93. The van der Waals surface area contributed by atoms with Crippen molar-refractivity contribution in [2.45, 2.75) is 44.3 Å². The Morgan fingerprint density at radius 2 is 1.91 bits per heavy atom. The molecule has 2 aliphatic rings. The number of amides is 1. The molecule has 1 aliphatic carbocycles. The van der Waals surface area contributed by atoms with Crippen LogP contribution < -0.4 is 5.32 Å². The van der Waals surface area contributed by atoms with Gasteiger partial charge in [0.2, 0.25) is 0 Å². The second kappa shape index (κ2) is 11.5. The fourth-order valence-electron chi connectivity index (χ4n) is 4.02. The first-order valence-electron chi connectivity index (χ1n) is 10.8. The Balaban J connectivity index is 0.000000383. The summed E-state index contributed by atoms with van der Waals surface area (Å²) in [4.78, 5) is 24.6. The van der Waals surface area contributed by atoms with E-state index in [4.69, 9.17) is 9.90 Å². The molecule has 1 fully saturated rings. The molecule has 0 radical (unpaired) electrons. The van der Waals surface area contributed by atoms with Crippen LogP contribution in [0, 0.1) is 5.92 Å². The summed E-state index contributed by atoms with van der Waals surface area (Å²) >= 11 is 1.46. The molecule has 2 N–H and O–H groups in total. The third kappa shape index (κ3) is 7.43. The van der Waals surface area contributed by atoms with E-state index in [1.807, 2.05) is 28.3 Å². The molecule has 0 spiro atoms. The standard InChI is InChI=1S/C20H26N4OS.C2HF3O2/c25-20(18-7-4-14-26-18)22-19-8-11-21-24(19)17-9-12-23(13-10-17)15-16-5-2-1-3-6-16;3-2(4,5)1(6)7/h1-2,4,7-8,11,14,16-17H,3,5-6,9-10,12-13,15H2,(H,22,25);(H,6,7). The van der Waals surface area contributed by atoms with Crippen molar-refractivity contribution < 1.29 is 27.9 Å². The van der Waals surface area contributed by atoms with Crippen molar-refractivity contribution in [2.75, 3.05) is 25.0 Å². The van der Waals surface area contributed by atoms with Crippen LogP contribution in [0.3, 0.4) is 0 Å². The summed E-state index contributed by atoms with van der Waals surface area (Å²) in [6.45, 7) is 3.45. The summed E-state index contributed by atoms with van der Waals surface area (Å²) in [5.74, 6) is -1.18. The van der Waals surface area contributed by atoms with Gasteiger partial charge in [0.25, 0.3) is 5.91 Å². The van der Waals surface area contributed by atoms with Gasteiger partial charge in [-0.2, -0.15) is 18.3 Å². The maximum absolute atomic E-state index is 12.3. The van der Waals surface area contributed by atoms with Gasteiger partial charge in [0, 0.05) is 25.7 Å². The monoisotopic (exact) mass is 484 g/mol. The minimum absolute atomic E-state index is 0.0514. The minimum atomic E-state index is -5.08. The molecule has 33 heavy (non-hydrogen) atoms. The van der Waals surface area contributed by atoms with E-state index in [2.05, 4.69) is 27.5 Å². The Hall–Kier alpha value is -2.66. The molecule has 0 aromatic carbocycles. The van der Waals surface area contributed by atoms with Gasteiger partial charge in [-0.1, -0.05) is 18.2 Å². The zero-order valence-electron chi connectivity index (χ0n) is 18.0. The Morgan fingerprint density at radius 1 is 1.18 bits per heavy atom. The van der Waals surface area contributed by atoms with Crippen LogP contribution in [0.15, 0.2) is 41.9 Å². The third-order valence-corrected chi connectivity index (χ3v) is 6.57. The normalized spacial score (nSPS) is 19.5. The number of carbonyl (C=O) groups excluding carboxylic acids is 1. The zero-order chi connectivity index (χ0) is 23.8. The minimum Gasteiger partial charge on any atom is -0.475 e. The highest BCUT2D eigenvalue weighted by Gasteiger charge is 2.38. The number of carboxylic acids is 1. The number of hydrogen-bond donors (Lipinski definition) is 2. The number of allylic oxidation sites excluding steroid dienone is 2. The summed E-state index contributed by atoms with van der Waals surface area (Å²) in [5, 5.41) is 16.6. The second-order valence-corrected chi connectivity index (χ2v) is 9.03. The lowest BCUT2D eigenvalue weighted by Crippen LogP contribution is -2.38. The summed E-state index contributed by atoms with van der Waals surface area (Å²) in [7, 11) is 0. The number of anilines is 1. The number of hydrogen-bond acceptors (Lipinski definition) is 5. The number of piperidine rings is 1. The van der Waals surface area contributed by atoms with Gasteiger partial charge in [-0.15, -0.1) is 11.3 Å². The van der Waals surface area contributed by atoms with Gasteiger partial charge in [0.15, 0.2) is 0 Å². The summed E-state index contributed by atoms with van der Waals surface area (Å²) in [6.07, 6.45) is 7.33. The number of carboxylic acid groups (broad SMARTS) is 1. The molecular weight excluding hydrogens is 457 g/mol. The van der Waals surface area contributed by atoms with Crippen molar-refractivity contribution in [3.8, 4) is 0 Å². The molecule has 3 heterocycles. The molecule has 1 aliphatic heterocycles. The van der Waals surface area contributed by atoms with E-state index in [0.717, 1.165) is 42.5 Å². The number of rotatable bonds is 5. The molecule has 180 valence electrons. The number of carbonyl (C=O) groups is 2. The molecule has 7 nitrogen and oxygen atoms in total. The number of likely N-dealkylation sites (tertiary alicyclic amines) is 1. The van der Waals surface area contributed by atoms with Crippen molar-refractivity contribution in [3.63, 3.8) is 0 Å². The van der Waals surface area contributed by atoms with Crippen molar-refractivity contribution in [3.05, 3.63) is 46.8 Å². The highest BCUT2D eigenvalue weighted by molar-refractivity contribution is 7.12. The van der Waals surface area contributed by atoms with Crippen molar-refractivity contribution in [2.24, 2.45) is 5.92 Å². The summed E-state index contributed by atoms with van der Waals surface area (Å²) in [6, 6.07) is 6.01. The number of thiophene rings is 1. The van der Waals surface area contributed by atoms with E-state index in [-0.39, 0.29) is 5.91 Å². The van der Waals surface area contributed by atoms with Gasteiger partial charge in [-0.05, 0) is 49.5 Å². The summed E-state index contributed by atoms with van der Waals surface area (Å²) < 4.78 is 33.7. The van der Waals surface area contributed by atoms with Gasteiger partial charge >= 0.3 is 12.1 Å². The molecule has 4 rings (SSSR count). The fourth-order valence-corrected chi connectivity index (χ4v) is 4.64. The van der Waals surface area contributed by atoms with Gasteiger partial charge < -0.3 is 15.3 Å². The highest BCUT2D eigenvalue weighted by Crippen LogP contribution is 2.28. The molecule has 0 bridgehead atoms. The lowest BCUT2D eigenvalue weighted by molar-refractivity contribution is -0.192. The Morgan fingerprint density at radius 3 is 2.48 bits per heavy atom. The van der Waals surface area contributed by atoms with E-state index in [1.54, 1.807) is 6.20 Å². The maximum atomic E-state index is 12.3. The average Bonchev–Trinajstić information content (AvgIpc) is 3.47. The van der Waals surface area contributed by atoms with Crippen LogP contribution in [-0.4, -0.2) is 57.5 Å². The van der Waals surface area contributed by atoms with Crippen LogP contribution >= 0.6 is 11.3 Å². The first-order valence-corrected chi connectivity index (χ1v) is 11.7. The third-order valence-electron chi connectivity index (χ3n) is 5.70. The molecule has 11 heteroatoms. The van der Waals surface area contributed by atoms with Gasteiger partial charge in [0.1, 0.15) is 5.82 Å². The quantitative estimate of drug-likeness (QED) is 0.594. The summed E-state index contributed by atoms with van der Waals surface area (Å²) in [5.41, 5.74) is 0. The molecule has 2 aromatic rings. The largest absolute Gasteiger partial charge is 0.490 e. The number of nitrogens with zero attached hydrogens (tertiary/aromatic N) is 3. The second-order valence-electron chi connectivity index (χ2n) is 8.08. The van der Waals surface area contributed by atoms with Crippen molar-refractivity contribution >= 4 is 29.0 Å². The van der Waals surface area contributed by atoms with E-state index in [0.29, 0.717) is 6.04 Å². The van der Waals surface area contributed by atoms with Gasteiger partial charge in [-0.3, -0.25) is 4.79 Å². The predicted octanol–water partition coefficient (Wildman–Crippen LogP) is 4.82. The van der Waals surface area contributed by atoms with Gasteiger partial charge in [-0.25, -0.2) is 9.48 Å². The molecular formula is C22H27F3N4O3S. The number of halogens is 3. The van der Waals surface area contributed by atoms with E-state index >= 15 is 0 Å². The number of aliphatic carboxylic acids is 1. The van der Waals surface area contributed by atoms with E-state index in [1.165, 1.54) is 37.1 Å². The zero-order valence-corrected chi connectivity index (χ0v) is 18.8. The van der Waals surface area contributed by atoms with Crippen LogP contribution in [0.1, 0.15) is 47.8 Å². The van der Waals surface area contributed by atoms with Crippen LogP contribution in [0.25, 0.3) is 0 Å². The molecule has 1 amide bonds. The highest BCUT2D eigenvalue weighted by atomic mass is 32.1. The van der Waals surface area contributed by atoms with Crippen LogP contribution in [0.2, 0.25) is 0 Å². The number of nitrogens with one attached hydrogen (secondary N) is 1. The molecule has 2 aromatic heterocycles. The first kappa shape index (κ1) is 25.0. The predicted molar refractivity (Wildman–Crippen MR) is 119 cm³/mol. The maximum Gasteiger partial charge on any atom is 0.490 e. The molecule has 0 saturated carbocycles. The molecule has 1 saturated heterocycles. The van der Waals surface area contributed by atoms with Gasteiger partial charge in [0.05, 0.1) is 17.1 Å². The Bertz CT molecular complexity index is 935. The lowest BCUT2D eigenvalue weighted by Gasteiger charge is -2.35. The topological polar surface area (TPSA) is 87.5 Å². The van der Waals surface area contributed by atoms with Crippen LogP contribution in [0.5, 0.6) is 0 Å². The van der Waals surface area contributed by atoms with Crippen molar-refractivity contribution in [1.82, 2.24) is 14.7 Å².